The van der Waals surface area contributed by atoms with Crippen molar-refractivity contribution in [2.45, 2.75) is 13.0 Å². The lowest BCUT2D eigenvalue weighted by Gasteiger charge is -2.31. The van der Waals surface area contributed by atoms with Gasteiger partial charge in [-0.3, -0.25) is 4.79 Å². The lowest BCUT2D eigenvalue weighted by molar-refractivity contribution is -0.00138. The van der Waals surface area contributed by atoms with E-state index < -0.39 is 5.91 Å². The van der Waals surface area contributed by atoms with E-state index in [1.54, 1.807) is 35.2 Å². The van der Waals surface area contributed by atoms with Crippen molar-refractivity contribution in [1.29, 1.82) is 0 Å². The standard InChI is InChI=1S/C17H18ClN3O4/c1-11-10-21(6-8-24-11)17(23)19-12-4-5-14(13(18)9-12)20-16(22)15-3-2-7-25-15/h2-5,7,9,11H,6,8,10H2,1H3,(H,19,23)(H,20,22). The van der Waals surface area contributed by atoms with E-state index in [0.29, 0.717) is 36.1 Å². The Balaban J connectivity index is 1.63. The molecular weight excluding hydrogens is 346 g/mol. The van der Waals surface area contributed by atoms with Crippen LogP contribution in [-0.4, -0.2) is 42.6 Å². The minimum Gasteiger partial charge on any atom is -0.459 e. The third kappa shape index (κ3) is 4.32. The Kier molecular flexibility index (Phi) is 5.25. The molecule has 7 nitrogen and oxygen atoms in total. The maximum atomic E-state index is 12.3. The molecule has 25 heavy (non-hydrogen) atoms. The normalized spacial score (nSPS) is 17.2. The Morgan fingerprint density at radius 3 is 2.80 bits per heavy atom. The summed E-state index contributed by atoms with van der Waals surface area (Å²) in [5.74, 6) is -0.208. The molecule has 0 aliphatic carbocycles. The van der Waals surface area contributed by atoms with Gasteiger partial charge in [0.1, 0.15) is 0 Å². The van der Waals surface area contributed by atoms with Gasteiger partial charge in [0.05, 0.1) is 29.7 Å². The number of urea groups is 1. The molecule has 3 amide bonds. The van der Waals surface area contributed by atoms with E-state index in [1.807, 2.05) is 6.92 Å². The summed E-state index contributed by atoms with van der Waals surface area (Å²) in [4.78, 5) is 25.9. The first kappa shape index (κ1) is 17.3. The number of anilines is 2. The third-order valence-electron chi connectivity index (χ3n) is 3.74. The van der Waals surface area contributed by atoms with Crippen molar-refractivity contribution in [3.05, 3.63) is 47.4 Å². The van der Waals surface area contributed by atoms with E-state index in [1.165, 1.54) is 6.26 Å². The number of carbonyl (C=O) groups is 2. The fourth-order valence-electron chi connectivity index (χ4n) is 2.49. The zero-order valence-corrected chi connectivity index (χ0v) is 14.4. The average Bonchev–Trinajstić information content (AvgIpc) is 3.12. The van der Waals surface area contributed by atoms with Crippen molar-refractivity contribution in [2.24, 2.45) is 0 Å². The third-order valence-corrected chi connectivity index (χ3v) is 4.05. The SMILES string of the molecule is CC1CN(C(=O)Nc2ccc(NC(=O)c3ccco3)c(Cl)c2)CCO1. The number of carbonyl (C=O) groups excluding carboxylic acids is 2. The monoisotopic (exact) mass is 363 g/mol. The molecule has 132 valence electrons. The van der Waals surface area contributed by atoms with Crippen molar-refractivity contribution >= 4 is 34.9 Å². The number of nitrogens with zero attached hydrogens (tertiary/aromatic N) is 1. The first-order chi connectivity index (χ1) is 12.0. The van der Waals surface area contributed by atoms with Crippen LogP contribution in [0.25, 0.3) is 0 Å². The second kappa shape index (κ2) is 7.58. The van der Waals surface area contributed by atoms with Gasteiger partial charge in [-0.1, -0.05) is 11.6 Å². The van der Waals surface area contributed by atoms with Crippen LogP contribution in [0.3, 0.4) is 0 Å². The highest BCUT2D eigenvalue weighted by Gasteiger charge is 2.21. The maximum Gasteiger partial charge on any atom is 0.322 e. The van der Waals surface area contributed by atoms with Crippen LogP contribution in [0, 0.1) is 0 Å². The van der Waals surface area contributed by atoms with E-state index in [4.69, 9.17) is 20.8 Å². The Labute approximate surface area is 149 Å². The number of nitrogens with one attached hydrogen (secondary N) is 2. The summed E-state index contributed by atoms with van der Waals surface area (Å²) in [6.07, 6.45) is 1.43. The molecule has 1 unspecified atom stereocenters. The first-order valence-electron chi connectivity index (χ1n) is 7.85. The highest BCUT2D eigenvalue weighted by atomic mass is 35.5. The Morgan fingerprint density at radius 2 is 2.12 bits per heavy atom. The molecule has 2 aromatic rings. The van der Waals surface area contributed by atoms with Gasteiger partial charge < -0.3 is 24.7 Å². The van der Waals surface area contributed by atoms with Crippen molar-refractivity contribution in [1.82, 2.24) is 4.90 Å². The van der Waals surface area contributed by atoms with E-state index in [0.717, 1.165) is 0 Å². The number of hydrogen-bond acceptors (Lipinski definition) is 4. The number of furan rings is 1. The number of rotatable bonds is 3. The molecule has 1 aromatic heterocycles. The molecule has 1 atom stereocenters. The van der Waals surface area contributed by atoms with Gasteiger partial charge in [-0.05, 0) is 37.3 Å². The van der Waals surface area contributed by atoms with Gasteiger partial charge in [-0.25, -0.2) is 4.79 Å². The number of ether oxygens (including phenoxy) is 1. The predicted octanol–water partition coefficient (Wildman–Crippen LogP) is 3.44. The summed E-state index contributed by atoms with van der Waals surface area (Å²) in [6, 6.07) is 7.86. The summed E-state index contributed by atoms with van der Waals surface area (Å²) in [5.41, 5.74) is 0.978. The van der Waals surface area contributed by atoms with Gasteiger partial charge >= 0.3 is 6.03 Å². The summed E-state index contributed by atoms with van der Waals surface area (Å²) < 4.78 is 10.5. The number of amides is 3. The van der Waals surface area contributed by atoms with E-state index in [-0.39, 0.29) is 17.9 Å². The lowest BCUT2D eigenvalue weighted by atomic mass is 10.2. The van der Waals surface area contributed by atoms with Crippen molar-refractivity contribution in [3.8, 4) is 0 Å². The number of hydrogen-bond donors (Lipinski definition) is 2. The zero-order valence-electron chi connectivity index (χ0n) is 13.6. The number of halogens is 1. The zero-order chi connectivity index (χ0) is 17.8. The van der Waals surface area contributed by atoms with Gasteiger partial charge in [-0.2, -0.15) is 0 Å². The molecule has 2 N–H and O–H groups in total. The quantitative estimate of drug-likeness (QED) is 0.875. The van der Waals surface area contributed by atoms with Crippen LogP contribution >= 0.6 is 11.6 Å². The van der Waals surface area contributed by atoms with Gasteiger partial charge in [0, 0.05) is 18.8 Å². The lowest BCUT2D eigenvalue weighted by Crippen LogP contribution is -2.46. The fourth-order valence-corrected chi connectivity index (χ4v) is 2.72. The number of morpholine rings is 1. The molecule has 1 fully saturated rings. The molecular formula is C17H18ClN3O4. The summed E-state index contributed by atoms with van der Waals surface area (Å²) in [6.45, 7) is 3.53. The minimum atomic E-state index is -0.397. The molecule has 0 radical (unpaired) electrons. The van der Waals surface area contributed by atoms with E-state index in [9.17, 15) is 9.59 Å². The summed E-state index contributed by atoms with van der Waals surface area (Å²) >= 11 is 6.20. The molecule has 0 saturated carbocycles. The molecule has 1 aliphatic heterocycles. The molecule has 1 aromatic carbocycles. The summed E-state index contributed by atoms with van der Waals surface area (Å²) in [5, 5.41) is 5.77. The molecule has 1 saturated heterocycles. The first-order valence-corrected chi connectivity index (χ1v) is 8.22. The number of benzene rings is 1. The highest BCUT2D eigenvalue weighted by Crippen LogP contribution is 2.26. The minimum absolute atomic E-state index is 0.0160. The molecule has 0 bridgehead atoms. The molecule has 3 rings (SSSR count). The van der Waals surface area contributed by atoms with Crippen LogP contribution in [-0.2, 0) is 4.74 Å². The van der Waals surface area contributed by atoms with E-state index in [2.05, 4.69) is 10.6 Å². The highest BCUT2D eigenvalue weighted by molar-refractivity contribution is 6.34. The second-order valence-electron chi connectivity index (χ2n) is 5.68. The Morgan fingerprint density at radius 1 is 1.28 bits per heavy atom. The van der Waals surface area contributed by atoms with Crippen LogP contribution in [0.15, 0.2) is 41.0 Å². The Bertz CT molecular complexity index is 763. The van der Waals surface area contributed by atoms with Crippen LogP contribution in [0.5, 0.6) is 0 Å². The molecule has 8 heteroatoms. The Hall–Kier alpha value is -2.51. The van der Waals surface area contributed by atoms with Gasteiger partial charge in [0.15, 0.2) is 5.76 Å². The van der Waals surface area contributed by atoms with Gasteiger partial charge in [0.2, 0.25) is 0 Å². The molecule has 2 heterocycles. The average molecular weight is 364 g/mol. The maximum absolute atomic E-state index is 12.3. The predicted molar refractivity (Wildman–Crippen MR) is 94.1 cm³/mol. The summed E-state index contributed by atoms with van der Waals surface area (Å²) in [7, 11) is 0. The second-order valence-corrected chi connectivity index (χ2v) is 6.09. The van der Waals surface area contributed by atoms with Crippen LogP contribution in [0.1, 0.15) is 17.5 Å². The van der Waals surface area contributed by atoms with Crippen LogP contribution in [0.4, 0.5) is 16.2 Å². The van der Waals surface area contributed by atoms with Gasteiger partial charge in [-0.15, -0.1) is 0 Å². The van der Waals surface area contributed by atoms with Crippen molar-refractivity contribution in [2.75, 3.05) is 30.3 Å². The topological polar surface area (TPSA) is 83.8 Å². The van der Waals surface area contributed by atoms with Crippen molar-refractivity contribution < 1.29 is 18.7 Å². The van der Waals surface area contributed by atoms with E-state index >= 15 is 0 Å². The van der Waals surface area contributed by atoms with Crippen LogP contribution < -0.4 is 10.6 Å². The fraction of sp³-hybridized carbons (Fsp3) is 0.294. The molecule has 0 spiro atoms. The largest absolute Gasteiger partial charge is 0.459 e. The smallest absolute Gasteiger partial charge is 0.322 e. The van der Waals surface area contributed by atoms with Crippen molar-refractivity contribution in [3.63, 3.8) is 0 Å². The molecule has 1 aliphatic rings. The van der Waals surface area contributed by atoms with Crippen LogP contribution in [0.2, 0.25) is 5.02 Å². The van der Waals surface area contributed by atoms with Gasteiger partial charge in [0.25, 0.3) is 5.91 Å².